The van der Waals surface area contributed by atoms with Crippen LogP contribution in [-0.4, -0.2) is 5.97 Å². The maximum absolute atomic E-state index is 13.5. The molecule has 26 heavy (non-hydrogen) atoms. The molecule has 1 aromatic carbocycles. The standard InChI is InChI=1S/C17H22F6O2S/c1-2-3-4-12-5-7-13(8-6-12)17(24)25-14-9-10-16(15(18)11-14)26(19,20,21,22)23/h9-13H,2-8H2,1H3. The number of rotatable bonds is 6. The molecule has 2 rings (SSSR count). The van der Waals surface area contributed by atoms with E-state index in [4.69, 9.17) is 4.74 Å². The first kappa shape index (κ1) is 20.9. The lowest BCUT2D eigenvalue weighted by Crippen LogP contribution is -2.25. The normalized spacial score (nSPS) is 23.8. The summed E-state index contributed by atoms with van der Waals surface area (Å²) in [4.78, 5) is 9.49. The van der Waals surface area contributed by atoms with Gasteiger partial charge in [-0.1, -0.05) is 45.6 Å². The maximum Gasteiger partial charge on any atom is 0.314 e. The second kappa shape index (κ2) is 6.65. The van der Waals surface area contributed by atoms with E-state index in [2.05, 4.69) is 6.92 Å². The van der Waals surface area contributed by atoms with E-state index in [-0.39, 0.29) is 12.1 Å². The van der Waals surface area contributed by atoms with Gasteiger partial charge in [-0.05, 0) is 43.7 Å². The van der Waals surface area contributed by atoms with Crippen LogP contribution in [0, 0.1) is 17.7 Å². The van der Waals surface area contributed by atoms with Crippen molar-refractivity contribution in [2.45, 2.75) is 56.8 Å². The average molecular weight is 404 g/mol. The van der Waals surface area contributed by atoms with E-state index in [0.717, 1.165) is 32.1 Å². The Kier molecular flexibility index (Phi) is 5.35. The summed E-state index contributed by atoms with van der Waals surface area (Å²) in [7, 11) is -10.1. The molecule has 1 saturated carbocycles. The van der Waals surface area contributed by atoms with Gasteiger partial charge in [-0.3, -0.25) is 4.79 Å². The summed E-state index contributed by atoms with van der Waals surface area (Å²) in [6.45, 7) is 2.10. The van der Waals surface area contributed by atoms with Crippen molar-refractivity contribution < 1.29 is 33.4 Å². The lowest BCUT2D eigenvalue weighted by Gasteiger charge is -2.40. The van der Waals surface area contributed by atoms with Crippen LogP contribution in [0.5, 0.6) is 5.75 Å². The first-order valence-electron chi connectivity index (χ1n) is 8.55. The highest BCUT2D eigenvalue weighted by atomic mass is 32.5. The summed E-state index contributed by atoms with van der Waals surface area (Å²) in [5, 5.41) is 0. The number of carbonyl (C=O) groups excluding carboxylic acids is 1. The van der Waals surface area contributed by atoms with Gasteiger partial charge in [-0.25, -0.2) is 4.39 Å². The minimum absolute atomic E-state index is 0.0822. The summed E-state index contributed by atoms with van der Waals surface area (Å²) in [6, 6.07) is 0.639. The van der Waals surface area contributed by atoms with Gasteiger partial charge < -0.3 is 4.74 Å². The fraction of sp³-hybridized carbons (Fsp3) is 0.588. The molecule has 1 aliphatic carbocycles. The van der Waals surface area contributed by atoms with E-state index in [1.54, 1.807) is 0 Å². The highest BCUT2D eigenvalue weighted by Crippen LogP contribution is 3.02. The molecule has 0 radical (unpaired) electrons. The molecule has 0 bridgehead atoms. The van der Waals surface area contributed by atoms with Crippen molar-refractivity contribution in [1.82, 2.24) is 0 Å². The van der Waals surface area contributed by atoms with Gasteiger partial charge in [0.2, 0.25) is 0 Å². The Bertz CT molecular complexity index is 666. The molecule has 0 atom stereocenters. The van der Waals surface area contributed by atoms with E-state index >= 15 is 0 Å². The van der Waals surface area contributed by atoms with Crippen molar-refractivity contribution in [3.63, 3.8) is 0 Å². The molecule has 0 N–H and O–H groups in total. The Morgan fingerprint density at radius 2 is 1.73 bits per heavy atom. The van der Waals surface area contributed by atoms with Gasteiger partial charge in [0.1, 0.15) is 16.5 Å². The molecule has 0 aliphatic heterocycles. The average Bonchev–Trinajstić information content (AvgIpc) is 2.50. The monoisotopic (exact) mass is 404 g/mol. The van der Waals surface area contributed by atoms with Crippen LogP contribution in [0.3, 0.4) is 0 Å². The number of unbranched alkanes of at least 4 members (excludes halogenated alkanes) is 1. The lowest BCUT2D eigenvalue weighted by atomic mass is 9.80. The number of halogens is 6. The fourth-order valence-electron chi connectivity index (χ4n) is 3.24. The topological polar surface area (TPSA) is 26.3 Å². The SMILES string of the molecule is CCCCC1CCC(C(=O)Oc2ccc(S(F)(F)(F)(F)F)c(F)c2)CC1. The zero-order valence-electron chi connectivity index (χ0n) is 14.3. The van der Waals surface area contributed by atoms with Gasteiger partial charge in [0, 0.05) is 6.07 Å². The predicted molar refractivity (Wildman–Crippen MR) is 88.4 cm³/mol. The van der Waals surface area contributed by atoms with Crippen molar-refractivity contribution in [2.24, 2.45) is 11.8 Å². The Hall–Kier alpha value is -1.38. The second-order valence-electron chi connectivity index (χ2n) is 6.84. The van der Waals surface area contributed by atoms with Crippen molar-refractivity contribution in [1.29, 1.82) is 0 Å². The quantitative estimate of drug-likeness (QED) is 0.281. The fourth-order valence-corrected chi connectivity index (χ4v) is 3.99. The Morgan fingerprint density at radius 3 is 2.23 bits per heavy atom. The van der Waals surface area contributed by atoms with Crippen LogP contribution in [0.2, 0.25) is 0 Å². The first-order chi connectivity index (χ1) is 11.8. The second-order valence-corrected chi connectivity index (χ2v) is 9.22. The molecule has 0 unspecified atom stereocenters. The van der Waals surface area contributed by atoms with Crippen LogP contribution in [0.25, 0.3) is 0 Å². The predicted octanol–water partition coefficient (Wildman–Crippen LogP) is 7.39. The maximum atomic E-state index is 13.5. The summed E-state index contributed by atoms with van der Waals surface area (Å²) < 4.78 is 81.8. The minimum Gasteiger partial charge on any atom is -0.426 e. The van der Waals surface area contributed by atoms with Crippen LogP contribution >= 0.6 is 10.2 Å². The number of carbonyl (C=O) groups is 1. The zero-order valence-corrected chi connectivity index (χ0v) is 15.1. The molecule has 0 aromatic heterocycles. The molecular weight excluding hydrogens is 382 g/mol. The molecule has 0 spiro atoms. The molecule has 1 fully saturated rings. The third kappa shape index (κ3) is 5.56. The van der Waals surface area contributed by atoms with E-state index in [1.165, 1.54) is 0 Å². The van der Waals surface area contributed by atoms with Crippen LogP contribution in [-0.2, 0) is 4.79 Å². The van der Waals surface area contributed by atoms with Crippen molar-refractivity contribution >= 4 is 16.2 Å². The van der Waals surface area contributed by atoms with Gasteiger partial charge in [-0.2, -0.15) is 0 Å². The number of hydrogen-bond acceptors (Lipinski definition) is 2. The Balaban J connectivity index is 2.00. The number of ether oxygens (including phenoxy) is 1. The van der Waals surface area contributed by atoms with Crippen LogP contribution in [0.1, 0.15) is 51.9 Å². The van der Waals surface area contributed by atoms with Crippen molar-refractivity contribution in [2.75, 3.05) is 0 Å². The molecule has 0 heterocycles. The zero-order chi connectivity index (χ0) is 19.7. The highest BCUT2D eigenvalue weighted by molar-refractivity contribution is 8.45. The third-order valence-corrected chi connectivity index (χ3v) is 5.85. The van der Waals surface area contributed by atoms with E-state index in [9.17, 15) is 28.6 Å². The van der Waals surface area contributed by atoms with Crippen LogP contribution in [0.4, 0.5) is 23.8 Å². The van der Waals surface area contributed by atoms with Crippen molar-refractivity contribution in [3.8, 4) is 5.75 Å². The summed E-state index contributed by atoms with van der Waals surface area (Å²) >= 11 is 0. The Morgan fingerprint density at radius 1 is 1.12 bits per heavy atom. The van der Waals surface area contributed by atoms with Gasteiger partial charge in [0.25, 0.3) is 0 Å². The van der Waals surface area contributed by atoms with Crippen LogP contribution in [0.15, 0.2) is 23.1 Å². The number of esters is 1. The molecule has 1 aromatic rings. The van der Waals surface area contributed by atoms with E-state index in [1.807, 2.05) is 0 Å². The molecule has 1 aliphatic rings. The van der Waals surface area contributed by atoms with Crippen LogP contribution < -0.4 is 4.74 Å². The summed E-state index contributed by atoms with van der Waals surface area (Å²) in [5.74, 6) is -3.19. The molecule has 150 valence electrons. The largest absolute Gasteiger partial charge is 0.426 e. The summed E-state index contributed by atoms with van der Waals surface area (Å²) in [6.07, 6.45) is 6.23. The number of benzene rings is 1. The summed E-state index contributed by atoms with van der Waals surface area (Å²) in [5.41, 5.74) is 0. The van der Waals surface area contributed by atoms with Gasteiger partial charge in [-0.15, -0.1) is 0 Å². The first-order valence-corrected chi connectivity index (χ1v) is 10.5. The molecule has 2 nitrogen and oxygen atoms in total. The molecule has 0 amide bonds. The van der Waals surface area contributed by atoms with E-state index in [0.29, 0.717) is 24.8 Å². The van der Waals surface area contributed by atoms with Crippen molar-refractivity contribution in [3.05, 3.63) is 24.0 Å². The number of hydrogen-bond donors (Lipinski definition) is 0. The Labute approximate surface area is 148 Å². The minimum atomic E-state index is -10.1. The van der Waals surface area contributed by atoms with Gasteiger partial charge in [0.05, 0.1) is 5.92 Å². The highest BCUT2D eigenvalue weighted by Gasteiger charge is 2.67. The molecule has 0 saturated heterocycles. The lowest BCUT2D eigenvalue weighted by molar-refractivity contribution is -0.140. The smallest absolute Gasteiger partial charge is 0.314 e. The van der Waals surface area contributed by atoms with Gasteiger partial charge >= 0.3 is 16.2 Å². The molecular formula is C17H22F6O2S. The van der Waals surface area contributed by atoms with E-state index < -0.39 is 38.6 Å². The van der Waals surface area contributed by atoms with Gasteiger partial charge in [0.15, 0.2) is 0 Å². The molecule has 9 heteroatoms. The third-order valence-electron chi connectivity index (χ3n) is 4.68.